The molecule has 0 aliphatic carbocycles. The van der Waals surface area contributed by atoms with E-state index in [1.807, 2.05) is 30.3 Å². The molecule has 17 heavy (non-hydrogen) atoms. The molecule has 1 N–H and O–H groups in total. The molecule has 0 radical (unpaired) electrons. The van der Waals surface area contributed by atoms with Crippen molar-refractivity contribution < 1.29 is 0 Å². The summed E-state index contributed by atoms with van der Waals surface area (Å²) in [4.78, 5) is 0. The van der Waals surface area contributed by atoms with Gasteiger partial charge in [-0.15, -0.1) is 10.2 Å². The normalized spacial score (nSPS) is 9.88. The molecule has 0 aliphatic heterocycles. The number of nitrogens with zero attached hydrogens (tertiary/aromatic N) is 3. The maximum Gasteiger partial charge on any atom is 0.186 e. The molecule has 0 saturated heterocycles. The van der Waals surface area contributed by atoms with Gasteiger partial charge in [0.15, 0.2) is 5.69 Å². The van der Waals surface area contributed by atoms with Crippen molar-refractivity contribution >= 4 is 28.2 Å². The highest BCUT2D eigenvalue weighted by Gasteiger charge is 2.09. The number of hydrogen-bond donors (Lipinski definition) is 1. The molecule has 1 heterocycles. The first-order valence-corrected chi connectivity index (χ1v) is 5.33. The van der Waals surface area contributed by atoms with Crippen LogP contribution in [0.25, 0.3) is 10.9 Å². The minimum atomic E-state index is 0.251. The van der Waals surface area contributed by atoms with Crippen molar-refractivity contribution in [2.75, 3.05) is 11.9 Å². The van der Waals surface area contributed by atoms with Crippen LogP contribution in [0, 0.1) is 11.3 Å². The van der Waals surface area contributed by atoms with Gasteiger partial charge in [-0.3, -0.25) is 0 Å². The van der Waals surface area contributed by atoms with Gasteiger partial charge in [-0.2, -0.15) is 5.26 Å². The number of halogens is 1. The summed E-state index contributed by atoms with van der Waals surface area (Å²) in [6.45, 7) is 3.97. The Kier molecular flexibility index (Phi) is 3.22. The van der Waals surface area contributed by atoms with Crippen LogP contribution in [0.1, 0.15) is 5.69 Å². The van der Waals surface area contributed by atoms with Crippen LogP contribution >= 0.6 is 11.6 Å². The van der Waals surface area contributed by atoms with Crippen molar-refractivity contribution in [3.8, 4) is 6.07 Å². The van der Waals surface area contributed by atoms with E-state index in [1.54, 1.807) is 0 Å². The largest absolute Gasteiger partial charge is 0.377 e. The molecule has 2 rings (SSSR count). The highest BCUT2D eigenvalue weighted by atomic mass is 35.5. The van der Waals surface area contributed by atoms with Crippen LogP contribution in [0.3, 0.4) is 0 Å². The summed E-state index contributed by atoms with van der Waals surface area (Å²) >= 11 is 5.70. The Hall–Kier alpha value is -2.12. The summed E-state index contributed by atoms with van der Waals surface area (Å²) in [7, 11) is 0. The van der Waals surface area contributed by atoms with E-state index in [2.05, 4.69) is 22.1 Å². The Morgan fingerprint density at radius 1 is 1.41 bits per heavy atom. The van der Waals surface area contributed by atoms with Gasteiger partial charge in [0.05, 0.1) is 17.7 Å². The smallest absolute Gasteiger partial charge is 0.186 e. The van der Waals surface area contributed by atoms with Crippen LogP contribution in [-0.4, -0.2) is 16.7 Å². The predicted molar refractivity (Wildman–Crippen MR) is 67.7 cm³/mol. The van der Waals surface area contributed by atoms with E-state index in [9.17, 15) is 0 Å². The molecular formula is C12H9ClN4. The van der Waals surface area contributed by atoms with Gasteiger partial charge in [0.1, 0.15) is 6.07 Å². The summed E-state index contributed by atoms with van der Waals surface area (Å²) in [5.74, 6) is 0. The summed E-state index contributed by atoms with van der Waals surface area (Å²) < 4.78 is 0. The molecule has 5 heteroatoms. The van der Waals surface area contributed by atoms with Crippen LogP contribution < -0.4 is 5.32 Å². The molecule has 0 bridgehead atoms. The number of fused-ring (bicyclic) bond motifs is 1. The van der Waals surface area contributed by atoms with Gasteiger partial charge in [-0.1, -0.05) is 36.4 Å². The highest BCUT2D eigenvalue weighted by molar-refractivity contribution is 6.29. The molecule has 0 unspecified atom stereocenters. The van der Waals surface area contributed by atoms with E-state index in [0.717, 1.165) is 10.9 Å². The second kappa shape index (κ2) is 4.81. The third-order valence-electron chi connectivity index (χ3n) is 2.23. The number of nitriles is 1. The fourth-order valence-corrected chi connectivity index (χ4v) is 1.56. The average Bonchev–Trinajstić information content (AvgIpc) is 2.35. The van der Waals surface area contributed by atoms with Crippen LogP contribution in [0.15, 0.2) is 35.9 Å². The summed E-state index contributed by atoms with van der Waals surface area (Å²) in [6.07, 6.45) is 0. The van der Waals surface area contributed by atoms with Gasteiger partial charge in [0.2, 0.25) is 0 Å². The van der Waals surface area contributed by atoms with Gasteiger partial charge < -0.3 is 5.32 Å². The van der Waals surface area contributed by atoms with Crippen LogP contribution in [-0.2, 0) is 0 Å². The van der Waals surface area contributed by atoms with Crippen LogP contribution in [0.4, 0.5) is 5.69 Å². The quantitative estimate of drug-likeness (QED) is 0.902. The number of aromatic nitrogens is 2. The highest BCUT2D eigenvalue weighted by Crippen LogP contribution is 2.23. The fourth-order valence-electron chi connectivity index (χ4n) is 1.50. The van der Waals surface area contributed by atoms with Crippen molar-refractivity contribution in [1.82, 2.24) is 10.2 Å². The SMILES string of the molecule is C=C(Cl)CNc1c(C#N)nnc2ccccc12. The molecule has 0 aliphatic rings. The molecule has 1 aromatic heterocycles. The maximum absolute atomic E-state index is 9.00. The van der Waals surface area contributed by atoms with Gasteiger partial charge in [0.25, 0.3) is 0 Å². The number of benzene rings is 1. The van der Waals surface area contributed by atoms with Crippen molar-refractivity contribution in [1.29, 1.82) is 5.26 Å². The summed E-state index contributed by atoms with van der Waals surface area (Å²) in [6, 6.07) is 9.47. The Morgan fingerprint density at radius 2 is 2.18 bits per heavy atom. The molecule has 0 saturated carbocycles. The molecule has 0 spiro atoms. The maximum atomic E-state index is 9.00. The lowest BCUT2D eigenvalue weighted by atomic mass is 10.1. The Morgan fingerprint density at radius 3 is 2.88 bits per heavy atom. The summed E-state index contributed by atoms with van der Waals surface area (Å²) in [5.41, 5.74) is 1.62. The second-order valence-electron chi connectivity index (χ2n) is 3.42. The van der Waals surface area contributed by atoms with E-state index < -0.39 is 0 Å². The van der Waals surface area contributed by atoms with Crippen molar-refractivity contribution in [2.45, 2.75) is 0 Å². The molecule has 1 aromatic carbocycles. The van der Waals surface area contributed by atoms with E-state index >= 15 is 0 Å². The topological polar surface area (TPSA) is 61.6 Å². The number of anilines is 1. The minimum Gasteiger partial charge on any atom is -0.377 e. The Balaban J connectivity index is 2.55. The average molecular weight is 245 g/mol. The standard InChI is InChI=1S/C12H9ClN4/c1-8(13)7-15-12-9-4-2-3-5-10(9)16-17-11(12)6-14/h2-5H,1,7H2,(H,15,16). The second-order valence-corrected chi connectivity index (χ2v) is 3.96. The van der Waals surface area contributed by atoms with Crippen LogP contribution in [0.5, 0.6) is 0 Å². The van der Waals surface area contributed by atoms with Gasteiger partial charge >= 0.3 is 0 Å². The van der Waals surface area contributed by atoms with Gasteiger partial charge in [-0.25, -0.2) is 0 Å². The van der Waals surface area contributed by atoms with Gasteiger partial charge in [-0.05, 0) is 6.07 Å². The molecule has 0 amide bonds. The van der Waals surface area contributed by atoms with E-state index in [-0.39, 0.29) is 5.69 Å². The molecule has 0 atom stereocenters. The molecular weight excluding hydrogens is 236 g/mol. The Labute approximate surface area is 104 Å². The molecule has 4 nitrogen and oxygen atoms in total. The lowest BCUT2D eigenvalue weighted by Gasteiger charge is -2.09. The zero-order valence-corrected chi connectivity index (χ0v) is 9.70. The number of nitrogens with one attached hydrogen (secondary N) is 1. The van der Waals surface area contributed by atoms with E-state index in [4.69, 9.17) is 16.9 Å². The predicted octanol–water partition coefficient (Wildman–Crippen LogP) is 2.67. The zero-order chi connectivity index (χ0) is 12.3. The number of rotatable bonds is 3. The van der Waals surface area contributed by atoms with E-state index in [0.29, 0.717) is 17.3 Å². The van der Waals surface area contributed by atoms with Crippen molar-refractivity contribution in [2.24, 2.45) is 0 Å². The molecule has 0 fully saturated rings. The molecule has 84 valence electrons. The van der Waals surface area contributed by atoms with Crippen molar-refractivity contribution in [3.63, 3.8) is 0 Å². The van der Waals surface area contributed by atoms with E-state index in [1.165, 1.54) is 0 Å². The third kappa shape index (κ3) is 2.35. The van der Waals surface area contributed by atoms with Crippen molar-refractivity contribution in [3.05, 3.63) is 41.6 Å². The monoisotopic (exact) mass is 244 g/mol. The Bertz CT molecular complexity index is 615. The van der Waals surface area contributed by atoms with Gasteiger partial charge in [0, 0.05) is 10.4 Å². The first kappa shape index (κ1) is 11.4. The lowest BCUT2D eigenvalue weighted by Crippen LogP contribution is -2.05. The first-order valence-electron chi connectivity index (χ1n) is 4.95. The number of hydrogen-bond acceptors (Lipinski definition) is 4. The minimum absolute atomic E-state index is 0.251. The third-order valence-corrected chi connectivity index (χ3v) is 2.36. The summed E-state index contributed by atoms with van der Waals surface area (Å²) in [5, 5.41) is 21.2. The van der Waals surface area contributed by atoms with Crippen LogP contribution in [0.2, 0.25) is 0 Å². The lowest BCUT2D eigenvalue weighted by molar-refractivity contribution is 1.05. The molecule has 2 aromatic rings. The first-order chi connectivity index (χ1) is 8.22. The zero-order valence-electron chi connectivity index (χ0n) is 8.94. The fraction of sp³-hybridized carbons (Fsp3) is 0.0833.